The number of aromatic nitrogens is 1. The molecule has 1 N–H and O–H groups in total. The molecule has 22 heavy (non-hydrogen) atoms. The molecule has 0 aliphatic heterocycles. The van der Waals surface area contributed by atoms with Gasteiger partial charge in [-0.2, -0.15) is 0 Å². The fourth-order valence-corrected chi connectivity index (χ4v) is 2.20. The highest BCUT2D eigenvalue weighted by Crippen LogP contribution is 2.17. The molecule has 0 radical (unpaired) electrons. The summed E-state index contributed by atoms with van der Waals surface area (Å²) >= 11 is 0. The fourth-order valence-electron chi connectivity index (χ4n) is 2.20. The zero-order valence-corrected chi connectivity index (χ0v) is 12.2. The van der Waals surface area contributed by atoms with Gasteiger partial charge >= 0.3 is 0 Å². The van der Waals surface area contributed by atoms with Crippen LogP contribution in [0.15, 0.2) is 65.4 Å². The molecule has 4 heteroatoms. The van der Waals surface area contributed by atoms with Crippen LogP contribution in [-0.2, 0) is 6.54 Å². The number of carbonyl (C=O) groups is 1. The maximum absolute atomic E-state index is 12.1. The van der Waals surface area contributed by atoms with E-state index in [9.17, 15) is 4.79 Å². The number of furan rings is 1. The predicted molar refractivity (Wildman–Crippen MR) is 84.3 cm³/mol. The van der Waals surface area contributed by atoms with Gasteiger partial charge in [0.15, 0.2) is 5.76 Å². The molecule has 0 unspecified atom stereocenters. The average molecular weight is 292 g/mol. The number of rotatable bonds is 4. The van der Waals surface area contributed by atoms with Gasteiger partial charge in [-0.25, -0.2) is 0 Å². The Labute approximate surface area is 128 Å². The first kappa shape index (κ1) is 14.1. The molecular weight excluding hydrogens is 276 g/mol. The molecule has 3 aromatic rings. The highest BCUT2D eigenvalue weighted by Gasteiger charge is 2.08. The summed E-state index contributed by atoms with van der Waals surface area (Å²) in [5.41, 5.74) is 3.38. The zero-order chi connectivity index (χ0) is 15.4. The van der Waals surface area contributed by atoms with E-state index in [2.05, 4.69) is 10.3 Å². The molecule has 2 heterocycles. The van der Waals surface area contributed by atoms with Crippen molar-refractivity contribution >= 4 is 5.91 Å². The van der Waals surface area contributed by atoms with Crippen LogP contribution in [-0.4, -0.2) is 10.9 Å². The number of aryl methyl sites for hydroxylation is 1. The number of carbonyl (C=O) groups excluding carboxylic acids is 1. The van der Waals surface area contributed by atoms with Gasteiger partial charge in [0.25, 0.3) is 5.91 Å². The van der Waals surface area contributed by atoms with Crippen molar-refractivity contribution in [1.82, 2.24) is 10.3 Å². The van der Waals surface area contributed by atoms with Gasteiger partial charge < -0.3 is 9.73 Å². The fraction of sp³-hybridized carbons (Fsp3) is 0.111. The maximum Gasteiger partial charge on any atom is 0.251 e. The molecule has 3 rings (SSSR count). The van der Waals surface area contributed by atoms with E-state index >= 15 is 0 Å². The molecule has 0 aliphatic carbocycles. The second kappa shape index (κ2) is 6.26. The van der Waals surface area contributed by atoms with Crippen molar-refractivity contribution in [2.24, 2.45) is 0 Å². The van der Waals surface area contributed by atoms with Gasteiger partial charge in [0.05, 0.1) is 6.26 Å². The monoisotopic (exact) mass is 292 g/mol. The molecule has 0 atom stereocenters. The first-order chi connectivity index (χ1) is 10.7. The van der Waals surface area contributed by atoms with Crippen molar-refractivity contribution in [1.29, 1.82) is 0 Å². The summed E-state index contributed by atoms with van der Waals surface area (Å²) in [6, 6.07) is 15.0. The Kier molecular flexibility index (Phi) is 4.01. The van der Waals surface area contributed by atoms with Crippen LogP contribution in [0.3, 0.4) is 0 Å². The van der Waals surface area contributed by atoms with E-state index in [-0.39, 0.29) is 5.91 Å². The standard InChI is InChI=1S/C18H16N2O2/c1-13-5-2-3-6-15(13)18(21)20-12-14-8-9-16(19-11-14)17-7-4-10-22-17/h2-11H,12H2,1H3,(H,20,21). The highest BCUT2D eigenvalue weighted by atomic mass is 16.3. The molecule has 0 saturated heterocycles. The van der Waals surface area contributed by atoms with Crippen LogP contribution in [0.2, 0.25) is 0 Å². The van der Waals surface area contributed by atoms with E-state index in [0.29, 0.717) is 12.1 Å². The van der Waals surface area contributed by atoms with Gasteiger partial charge in [-0.3, -0.25) is 9.78 Å². The first-order valence-corrected chi connectivity index (χ1v) is 7.06. The van der Waals surface area contributed by atoms with Crippen molar-refractivity contribution in [2.45, 2.75) is 13.5 Å². The third-order valence-electron chi connectivity index (χ3n) is 3.44. The Morgan fingerprint density at radius 2 is 2.00 bits per heavy atom. The van der Waals surface area contributed by atoms with E-state index in [1.165, 1.54) is 0 Å². The SMILES string of the molecule is Cc1ccccc1C(=O)NCc1ccc(-c2ccco2)nc1. The Balaban J connectivity index is 1.64. The van der Waals surface area contributed by atoms with Crippen LogP contribution in [0.25, 0.3) is 11.5 Å². The van der Waals surface area contributed by atoms with Crippen LogP contribution < -0.4 is 5.32 Å². The maximum atomic E-state index is 12.1. The minimum absolute atomic E-state index is 0.0757. The molecule has 0 bridgehead atoms. The van der Waals surface area contributed by atoms with Gasteiger partial charge in [0, 0.05) is 18.3 Å². The van der Waals surface area contributed by atoms with Crippen LogP contribution in [0, 0.1) is 6.92 Å². The minimum atomic E-state index is -0.0757. The molecule has 2 aromatic heterocycles. The number of amides is 1. The Hall–Kier alpha value is -2.88. The topological polar surface area (TPSA) is 55.1 Å². The molecule has 0 fully saturated rings. The van der Waals surface area contributed by atoms with E-state index in [1.807, 2.05) is 55.5 Å². The van der Waals surface area contributed by atoms with Gasteiger partial charge in [-0.15, -0.1) is 0 Å². The molecule has 0 spiro atoms. The summed E-state index contributed by atoms with van der Waals surface area (Å²) in [6.45, 7) is 2.37. The van der Waals surface area contributed by atoms with Crippen LogP contribution in [0.4, 0.5) is 0 Å². The second-order valence-corrected chi connectivity index (χ2v) is 5.03. The number of hydrogen-bond acceptors (Lipinski definition) is 3. The molecule has 4 nitrogen and oxygen atoms in total. The Morgan fingerprint density at radius 1 is 1.14 bits per heavy atom. The molecule has 110 valence electrons. The van der Waals surface area contributed by atoms with E-state index in [4.69, 9.17) is 4.42 Å². The van der Waals surface area contributed by atoms with Crippen molar-refractivity contribution < 1.29 is 9.21 Å². The quantitative estimate of drug-likeness (QED) is 0.799. The van der Waals surface area contributed by atoms with E-state index in [1.54, 1.807) is 12.5 Å². The summed E-state index contributed by atoms with van der Waals surface area (Å²) in [5, 5.41) is 2.91. The van der Waals surface area contributed by atoms with E-state index < -0.39 is 0 Å². The summed E-state index contributed by atoms with van der Waals surface area (Å²) in [6.07, 6.45) is 3.36. The normalized spacial score (nSPS) is 10.4. The van der Waals surface area contributed by atoms with Crippen molar-refractivity contribution in [3.8, 4) is 11.5 Å². The summed E-state index contributed by atoms with van der Waals surface area (Å²) < 4.78 is 5.30. The number of pyridine rings is 1. The van der Waals surface area contributed by atoms with Crippen LogP contribution in [0.5, 0.6) is 0 Å². The number of benzene rings is 1. The lowest BCUT2D eigenvalue weighted by Gasteiger charge is -2.07. The summed E-state index contributed by atoms with van der Waals surface area (Å²) in [4.78, 5) is 16.5. The smallest absolute Gasteiger partial charge is 0.251 e. The summed E-state index contributed by atoms with van der Waals surface area (Å²) in [5.74, 6) is 0.656. The number of hydrogen-bond donors (Lipinski definition) is 1. The van der Waals surface area contributed by atoms with E-state index in [0.717, 1.165) is 22.6 Å². The third-order valence-corrected chi connectivity index (χ3v) is 3.44. The Bertz CT molecular complexity index is 762. The molecule has 1 aromatic carbocycles. The summed E-state index contributed by atoms with van der Waals surface area (Å²) in [7, 11) is 0. The minimum Gasteiger partial charge on any atom is -0.463 e. The Morgan fingerprint density at radius 3 is 2.68 bits per heavy atom. The predicted octanol–water partition coefficient (Wildman–Crippen LogP) is 3.58. The van der Waals surface area contributed by atoms with Crippen molar-refractivity contribution in [2.75, 3.05) is 0 Å². The van der Waals surface area contributed by atoms with Crippen molar-refractivity contribution in [3.63, 3.8) is 0 Å². The molecule has 1 amide bonds. The average Bonchev–Trinajstić information content (AvgIpc) is 3.08. The van der Waals surface area contributed by atoms with Gasteiger partial charge in [-0.1, -0.05) is 24.3 Å². The van der Waals surface area contributed by atoms with Crippen LogP contribution in [0.1, 0.15) is 21.5 Å². The largest absolute Gasteiger partial charge is 0.463 e. The molecule has 0 saturated carbocycles. The lowest BCUT2D eigenvalue weighted by atomic mass is 10.1. The molecular formula is C18H16N2O2. The van der Waals surface area contributed by atoms with Crippen molar-refractivity contribution in [3.05, 3.63) is 77.7 Å². The highest BCUT2D eigenvalue weighted by molar-refractivity contribution is 5.95. The van der Waals surface area contributed by atoms with Gasteiger partial charge in [0.1, 0.15) is 5.69 Å². The lowest BCUT2D eigenvalue weighted by Crippen LogP contribution is -2.23. The molecule has 0 aliphatic rings. The zero-order valence-electron chi connectivity index (χ0n) is 12.2. The third kappa shape index (κ3) is 3.06. The van der Waals surface area contributed by atoms with Crippen LogP contribution >= 0.6 is 0 Å². The van der Waals surface area contributed by atoms with Gasteiger partial charge in [-0.05, 0) is 42.3 Å². The second-order valence-electron chi connectivity index (χ2n) is 5.03. The lowest BCUT2D eigenvalue weighted by molar-refractivity contribution is 0.0950. The first-order valence-electron chi connectivity index (χ1n) is 7.06. The van der Waals surface area contributed by atoms with Gasteiger partial charge in [0.2, 0.25) is 0 Å². The number of nitrogens with one attached hydrogen (secondary N) is 1. The number of nitrogens with zero attached hydrogens (tertiary/aromatic N) is 1.